The van der Waals surface area contributed by atoms with E-state index in [9.17, 15) is 9.90 Å². The van der Waals surface area contributed by atoms with Crippen LogP contribution in [0.2, 0.25) is 5.02 Å². The molecular formula is C15H19ClO3. The van der Waals surface area contributed by atoms with Crippen molar-refractivity contribution in [2.24, 2.45) is 0 Å². The number of hydrogen-bond donors (Lipinski definition) is 1. The number of rotatable bonds is 3. The van der Waals surface area contributed by atoms with Crippen LogP contribution in [0.25, 0.3) is 0 Å². The van der Waals surface area contributed by atoms with Crippen molar-refractivity contribution in [1.29, 1.82) is 0 Å². The number of carbonyl (C=O) groups excluding carboxylic acids is 1. The number of carbonyl (C=O) groups is 1. The van der Waals surface area contributed by atoms with Crippen molar-refractivity contribution in [1.82, 2.24) is 0 Å². The molecule has 0 aliphatic heterocycles. The van der Waals surface area contributed by atoms with E-state index in [1.807, 2.05) is 6.07 Å². The molecule has 3 nitrogen and oxygen atoms in total. The van der Waals surface area contributed by atoms with E-state index < -0.39 is 12.1 Å². The molecule has 1 unspecified atom stereocenters. The fourth-order valence-corrected chi connectivity index (χ4v) is 3.05. The quantitative estimate of drug-likeness (QED) is 0.862. The van der Waals surface area contributed by atoms with Crippen LogP contribution in [0.5, 0.6) is 0 Å². The topological polar surface area (TPSA) is 46.5 Å². The Hall–Kier alpha value is -1.06. The molecule has 1 fully saturated rings. The molecule has 104 valence electrons. The maximum Gasteiger partial charge on any atom is 0.339 e. The molecule has 0 heterocycles. The monoisotopic (exact) mass is 282 g/mol. The largest absolute Gasteiger partial charge is 0.467 e. The van der Waals surface area contributed by atoms with E-state index in [1.165, 1.54) is 39.2 Å². The zero-order chi connectivity index (χ0) is 13.8. The molecule has 1 aliphatic rings. The molecule has 1 atom stereocenters. The predicted molar refractivity (Wildman–Crippen MR) is 74.3 cm³/mol. The first-order chi connectivity index (χ1) is 9.13. The summed E-state index contributed by atoms with van der Waals surface area (Å²) in [5.74, 6) is -0.160. The van der Waals surface area contributed by atoms with Crippen LogP contribution in [0.15, 0.2) is 18.2 Å². The lowest BCUT2D eigenvalue weighted by Crippen LogP contribution is -2.14. The Morgan fingerprint density at radius 1 is 1.37 bits per heavy atom. The Kier molecular flexibility index (Phi) is 4.83. The van der Waals surface area contributed by atoms with E-state index in [0.29, 0.717) is 16.5 Å². The van der Waals surface area contributed by atoms with Gasteiger partial charge in [-0.25, -0.2) is 4.79 Å². The van der Waals surface area contributed by atoms with Gasteiger partial charge in [0.2, 0.25) is 0 Å². The normalized spacial score (nSPS) is 18.1. The molecule has 1 N–H and O–H groups in total. The summed E-state index contributed by atoms with van der Waals surface area (Å²) in [5.41, 5.74) is 1.61. The van der Waals surface area contributed by atoms with Crippen LogP contribution in [0, 0.1) is 0 Å². The molecule has 0 bridgehead atoms. The average molecular weight is 283 g/mol. The van der Waals surface area contributed by atoms with Gasteiger partial charge in [0.25, 0.3) is 0 Å². The molecule has 4 heteroatoms. The highest BCUT2D eigenvalue weighted by atomic mass is 35.5. The number of methoxy groups -OCH3 is 1. The molecule has 2 rings (SSSR count). The number of benzene rings is 1. The van der Waals surface area contributed by atoms with Gasteiger partial charge >= 0.3 is 5.97 Å². The Balaban J connectivity index is 2.19. The molecule has 0 aromatic heterocycles. The van der Waals surface area contributed by atoms with E-state index in [0.717, 1.165) is 5.56 Å². The van der Waals surface area contributed by atoms with Gasteiger partial charge in [-0.15, -0.1) is 0 Å². The number of aliphatic hydroxyl groups excluding tert-OH is 1. The Bertz CT molecular complexity index is 453. The van der Waals surface area contributed by atoms with Crippen molar-refractivity contribution in [3.8, 4) is 0 Å². The van der Waals surface area contributed by atoms with Crippen LogP contribution in [0.4, 0.5) is 0 Å². The van der Waals surface area contributed by atoms with E-state index in [4.69, 9.17) is 11.6 Å². The molecule has 1 saturated carbocycles. The molecule has 1 aromatic rings. The van der Waals surface area contributed by atoms with Crippen LogP contribution < -0.4 is 0 Å². The van der Waals surface area contributed by atoms with Gasteiger partial charge in [-0.1, -0.05) is 43.0 Å². The van der Waals surface area contributed by atoms with Crippen LogP contribution in [-0.2, 0) is 9.53 Å². The van der Waals surface area contributed by atoms with Crippen LogP contribution in [0.3, 0.4) is 0 Å². The summed E-state index contributed by atoms with van der Waals surface area (Å²) in [4.78, 5) is 11.3. The maximum absolute atomic E-state index is 11.3. The molecule has 0 radical (unpaired) electrons. The second kappa shape index (κ2) is 6.40. The number of esters is 1. The van der Waals surface area contributed by atoms with Crippen LogP contribution in [0.1, 0.15) is 55.3 Å². The number of ether oxygens (including phenoxy) is 1. The van der Waals surface area contributed by atoms with E-state index in [-0.39, 0.29) is 0 Å². The van der Waals surface area contributed by atoms with Gasteiger partial charge in [-0.2, -0.15) is 0 Å². The van der Waals surface area contributed by atoms with Crippen molar-refractivity contribution in [2.45, 2.75) is 44.1 Å². The van der Waals surface area contributed by atoms with Gasteiger partial charge in [0.05, 0.1) is 7.11 Å². The van der Waals surface area contributed by atoms with Crippen molar-refractivity contribution in [2.75, 3.05) is 7.11 Å². The SMILES string of the molecule is COC(=O)C(O)c1ccc(C2CCCCC2)c(Cl)c1. The standard InChI is InChI=1S/C15H19ClO3/c1-19-15(18)14(17)11-7-8-12(13(16)9-11)10-5-3-2-4-6-10/h7-10,14,17H,2-6H2,1H3. The molecule has 0 saturated heterocycles. The zero-order valence-electron chi connectivity index (χ0n) is 11.1. The first-order valence-corrected chi connectivity index (χ1v) is 7.06. The van der Waals surface area contributed by atoms with Crippen LogP contribution in [-0.4, -0.2) is 18.2 Å². The minimum absolute atomic E-state index is 0.483. The highest BCUT2D eigenvalue weighted by Crippen LogP contribution is 2.37. The third-order valence-electron chi connectivity index (χ3n) is 3.81. The summed E-state index contributed by atoms with van der Waals surface area (Å²) < 4.78 is 4.52. The Labute approximate surface area is 118 Å². The molecule has 0 amide bonds. The lowest BCUT2D eigenvalue weighted by atomic mass is 9.83. The van der Waals surface area contributed by atoms with E-state index in [2.05, 4.69) is 4.74 Å². The van der Waals surface area contributed by atoms with Gasteiger partial charge in [0, 0.05) is 5.02 Å². The second-order valence-corrected chi connectivity index (χ2v) is 5.45. The lowest BCUT2D eigenvalue weighted by Gasteiger charge is -2.23. The molecule has 19 heavy (non-hydrogen) atoms. The van der Waals surface area contributed by atoms with Gasteiger partial charge < -0.3 is 9.84 Å². The number of aliphatic hydroxyl groups is 1. The first-order valence-electron chi connectivity index (χ1n) is 6.68. The summed E-state index contributed by atoms with van der Waals surface area (Å²) in [5, 5.41) is 10.4. The first kappa shape index (κ1) is 14.4. The van der Waals surface area contributed by atoms with Crippen molar-refractivity contribution in [3.05, 3.63) is 34.3 Å². The average Bonchev–Trinajstić information content (AvgIpc) is 2.46. The van der Waals surface area contributed by atoms with Crippen molar-refractivity contribution in [3.63, 3.8) is 0 Å². The lowest BCUT2D eigenvalue weighted by molar-refractivity contribution is -0.150. The maximum atomic E-state index is 11.3. The third-order valence-corrected chi connectivity index (χ3v) is 4.14. The molecule has 1 aromatic carbocycles. The van der Waals surface area contributed by atoms with Gasteiger partial charge in [0.15, 0.2) is 6.10 Å². The molecular weight excluding hydrogens is 264 g/mol. The zero-order valence-corrected chi connectivity index (χ0v) is 11.8. The van der Waals surface area contributed by atoms with E-state index in [1.54, 1.807) is 12.1 Å². The minimum Gasteiger partial charge on any atom is -0.467 e. The highest BCUT2D eigenvalue weighted by Gasteiger charge is 2.22. The molecule has 0 spiro atoms. The van der Waals surface area contributed by atoms with Gasteiger partial charge in [0.1, 0.15) is 0 Å². The van der Waals surface area contributed by atoms with Gasteiger partial charge in [-0.3, -0.25) is 0 Å². The summed E-state index contributed by atoms with van der Waals surface area (Å²) >= 11 is 6.29. The summed E-state index contributed by atoms with van der Waals surface area (Å²) in [6.45, 7) is 0. The smallest absolute Gasteiger partial charge is 0.339 e. The van der Waals surface area contributed by atoms with Gasteiger partial charge in [-0.05, 0) is 36.0 Å². The third kappa shape index (κ3) is 3.28. The highest BCUT2D eigenvalue weighted by molar-refractivity contribution is 6.31. The Morgan fingerprint density at radius 3 is 2.63 bits per heavy atom. The van der Waals surface area contributed by atoms with Crippen molar-refractivity contribution >= 4 is 17.6 Å². The summed E-state index contributed by atoms with van der Waals surface area (Å²) in [6, 6.07) is 5.37. The summed E-state index contributed by atoms with van der Waals surface area (Å²) in [6.07, 6.45) is 4.86. The second-order valence-electron chi connectivity index (χ2n) is 5.04. The Morgan fingerprint density at radius 2 is 2.05 bits per heavy atom. The van der Waals surface area contributed by atoms with E-state index >= 15 is 0 Å². The summed E-state index contributed by atoms with van der Waals surface area (Å²) in [7, 11) is 1.25. The van der Waals surface area contributed by atoms with Crippen LogP contribution >= 0.6 is 11.6 Å². The fraction of sp³-hybridized carbons (Fsp3) is 0.533. The fourth-order valence-electron chi connectivity index (χ4n) is 2.71. The molecule has 1 aliphatic carbocycles. The number of halogens is 1. The minimum atomic E-state index is -1.26. The van der Waals surface area contributed by atoms with Crippen molar-refractivity contribution < 1.29 is 14.6 Å². The predicted octanol–water partition coefficient (Wildman–Crippen LogP) is 3.59. The number of hydrogen-bond acceptors (Lipinski definition) is 3.